The summed E-state index contributed by atoms with van der Waals surface area (Å²) in [5, 5.41) is 3.46. The van der Waals surface area contributed by atoms with E-state index in [2.05, 4.69) is 5.32 Å². The van der Waals surface area contributed by atoms with Crippen LogP contribution in [0.1, 0.15) is 54.6 Å². The van der Waals surface area contributed by atoms with Gasteiger partial charge >= 0.3 is 0 Å². The normalized spacial score (nSPS) is 15.8. The summed E-state index contributed by atoms with van der Waals surface area (Å²) in [7, 11) is 0. The Bertz CT molecular complexity index is 824. The van der Waals surface area contributed by atoms with Crippen LogP contribution in [0.3, 0.4) is 0 Å². The molecule has 0 heterocycles. The topological polar surface area (TPSA) is 64.3 Å². The maximum atomic E-state index is 14.2. The van der Waals surface area contributed by atoms with Gasteiger partial charge in [0.15, 0.2) is 0 Å². The molecule has 1 amide bonds. The molecule has 0 aromatic heterocycles. The number of hydrogen-bond acceptors (Lipinski definition) is 3. The molecule has 0 bridgehead atoms. The highest BCUT2D eigenvalue weighted by molar-refractivity contribution is 5.95. The number of benzene rings is 2. The lowest BCUT2D eigenvalue weighted by atomic mass is 9.99. The van der Waals surface area contributed by atoms with Crippen molar-refractivity contribution in [2.75, 3.05) is 6.61 Å². The molecule has 0 aliphatic heterocycles. The number of ether oxygens (including phenoxy) is 1. The molecule has 1 saturated carbocycles. The van der Waals surface area contributed by atoms with Crippen molar-refractivity contribution in [3.8, 4) is 5.75 Å². The van der Waals surface area contributed by atoms with Gasteiger partial charge in [-0.15, -0.1) is 0 Å². The number of hydrogen-bond donors (Lipinski definition) is 2. The molecular weight excluding hydrogens is 362 g/mol. The average molecular weight is 388 g/mol. The summed E-state index contributed by atoms with van der Waals surface area (Å²) < 4.78 is 33.5. The van der Waals surface area contributed by atoms with Gasteiger partial charge in [0.1, 0.15) is 17.4 Å². The number of amides is 1. The molecule has 28 heavy (non-hydrogen) atoms. The van der Waals surface area contributed by atoms with E-state index in [9.17, 15) is 13.6 Å². The number of halogens is 2. The van der Waals surface area contributed by atoms with Gasteiger partial charge < -0.3 is 15.8 Å². The highest BCUT2D eigenvalue weighted by Crippen LogP contribution is 2.42. The van der Waals surface area contributed by atoms with Crippen LogP contribution in [0.25, 0.3) is 0 Å². The number of para-hydroxylation sites is 1. The van der Waals surface area contributed by atoms with E-state index >= 15 is 0 Å². The van der Waals surface area contributed by atoms with E-state index in [1.165, 1.54) is 12.1 Å². The standard InChI is InChI=1S/C22H26F2N2O2/c1-14(5-4-12-28-20-7-3-2-6-17(20)22(25)27)26-21(15-8-9-15)18-13-16(23)10-11-19(18)24/h2-3,6-7,10-11,13-15,21,26H,4-5,8-9,12H2,1H3,(H2,25,27)/t14-,21+/m1/s1. The Kier molecular flexibility index (Phi) is 6.62. The maximum absolute atomic E-state index is 14.2. The molecule has 150 valence electrons. The highest BCUT2D eigenvalue weighted by atomic mass is 19.1. The van der Waals surface area contributed by atoms with E-state index in [1.54, 1.807) is 24.3 Å². The molecular formula is C22H26F2N2O2. The van der Waals surface area contributed by atoms with Crippen LogP contribution < -0.4 is 15.8 Å². The SMILES string of the molecule is C[C@H](CCCOc1ccccc1C(N)=O)N[C@H](c1cc(F)ccc1F)C1CC1. The van der Waals surface area contributed by atoms with Crippen LogP contribution in [0.4, 0.5) is 8.78 Å². The zero-order valence-corrected chi connectivity index (χ0v) is 16.0. The highest BCUT2D eigenvalue weighted by Gasteiger charge is 2.34. The van der Waals surface area contributed by atoms with Gasteiger partial charge in [0.05, 0.1) is 12.2 Å². The fraction of sp³-hybridized carbons (Fsp3) is 0.409. The molecule has 0 saturated heterocycles. The van der Waals surface area contributed by atoms with Crippen LogP contribution in [0.2, 0.25) is 0 Å². The van der Waals surface area contributed by atoms with Crippen molar-refractivity contribution in [3.05, 3.63) is 65.2 Å². The second kappa shape index (κ2) is 9.15. The van der Waals surface area contributed by atoms with Gasteiger partial charge in [-0.1, -0.05) is 12.1 Å². The summed E-state index contributed by atoms with van der Waals surface area (Å²) in [5.41, 5.74) is 6.12. The zero-order chi connectivity index (χ0) is 20.1. The Balaban J connectivity index is 1.51. The smallest absolute Gasteiger partial charge is 0.252 e. The van der Waals surface area contributed by atoms with Crippen molar-refractivity contribution in [1.29, 1.82) is 0 Å². The molecule has 0 unspecified atom stereocenters. The number of nitrogens with two attached hydrogens (primary N) is 1. The van der Waals surface area contributed by atoms with Gasteiger partial charge in [0.2, 0.25) is 0 Å². The number of nitrogens with one attached hydrogen (secondary N) is 1. The lowest BCUT2D eigenvalue weighted by Gasteiger charge is -2.24. The Morgan fingerprint density at radius 2 is 2.00 bits per heavy atom. The quantitative estimate of drug-likeness (QED) is 0.595. The molecule has 4 nitrogen and oxygen atoms in total. The number of carbonyl (C=O) groups is 1. The third-order valence-electron chi connectivity index (χ3n) is 5.04. The van der Waals surface area contributed by atoms with Gasteiger partial charge in [0.25, 0.3) is 5.91 Å². The molecule has 3 rings (SSSR count). The summed E-state index contributed by atoms with van der Waals surface area (Å²) in [5.74, 6) is -0.483. The maximum Gasteiger partial charge on any atom is 0.252 e. The first kappa shape index (κ1) is 20.3. The van der Waals surface area contributed by atoms with E-state index in [0.717, 1.165) is 31.7 Å². The Morgan fingerprint density at radius 3 is 2.71 bits per heavy atom. The van der Waals surface area contributed by atoms with Gasteiger partial charge in [-0.2, -0.15) is 0 Å². The molecule has 2 aromatic rings. The van der Waals surface area contributed by atoms with E-state index in [-0.39, 0.29) is 17.9 Å². The van der Waals surface area contributed by atoms with Gasteiger partial charge in [-0.25, -0.2) is 8.78 Å². The number of carbonyl (C=O) groups excluding carboxylic acids is 1. The summed E-state index contributed by atoms with van der Waals surface area (Å²) >= 11 is 0. The third-order valence-corrected chi connectivity index (χ3v) is 5.04. The fourth-order valence-corrected chi connectivity index (χ4v) is 3.42. The van der Waals surface area contributed by atoms with E-state index in [1.807, 2.05) is 6.92 Å². The molecule has 1 fully saturated rings. The summed E-state index contributed by atoms with van der Waals surface area (Å²) in [6, 6.07) is 10.5. The molecule has 0 spiro atoms. The summed E-state index contributed by atoms with van der Waals surface area (Å²) in [6.45, 7) is 2.47. The zero-order valence-electron chi connectivity index (χ0n) is 16.0. The average Bonchev–Trinajstić information content (AvgIpc) is 3.51. The Morgan fingerprint density at radius 1 is 1.25 bits per heavy atom. The van der Waals surface area contributed by atoms with Crippen LogP contribution in [-0.4, -0.2) is 18.6 Å². The number of primary amides is 1. The van der Waals surface area contributed by atoms with Crippen molar-refractivity contribution < 1.29 is 18.3 Å². The predicted molar refractivity (Wildman–Crippen MR) is 104 cm³/mol. The minimum Gasteiger partial charge on any atom is -0.493 e. The van der Waals surface area contributed by atoms with E-state index in [4.69, 9.17) is 10.5 Å². The van der Waals surface area contributed by atoms with Crippen LogP contribution in [0, 0.1) is 17.6 Å². The molecule has 0 radical (unpaired) electrons. The molecule has 1 aliphatic carbocycles. The van der Waals surface area contributed by atoms with E-state index < -0.39 is 11.7 Å². The van der Waals surface area contributed by atoms with Crippen LogP contribution >= 0.6 is 0 Å². The fourth-order valence-electron chi connectivity index (χ4n) is 3.42. The van der Waals surface area contributed by atoms with Crippen molar-refractivity contribution in [2.45, 2.75) is 44.7 Å². The lowest BCUT2D eigenvalue weighted by molar-refractivity contribution is 0.0996. The van der Waals surface area contributed by atoms with Gasteiger partial charge in [-0.3, -0.25) is 4.79 Å². The first-order chi connectivity index (χ1) is 13.5. The lowest BCUT2D eigenvalue weighted by Crippen LogP contribution is -2.32. The molecule has 3 N–H and O–H groups in total. The second-order valence-corrected chi connectivity index (χ2v) is 7.40. The monoisotopic (exact) mass is 388 g/mol. The summed E-state index contributed by atoms with van der Waals surface area (Å²) in [6.07, 6.45) is 3.60. The third kappa shape index (κ3) is 5.29. The molecule has 6 heteroatoms. The molecule has 2 atom stereocenters. The van der Waals surface area contributed by atoms with Gasteiger partial charge in [-0.05, 0) is 68.9 Å². The van der Waals surface area contributed by atoms with E-state index in [0.29, 0.717) is 29.4 Å². The van der Waals surface area contributed by atoms with Crippen LogP contribution in [0.5, 0.6) is 5.75 Å². The number of rotatable bonds is 10. The first-order valence-corrected chi connectivity index (χ1v) is 9.68. The van der Waals surface area contributed by atoms with Crippen molar-refractivity contribution in [2.24, 2.45) is 11.7 Å². The predicted octanol–water partition coefficient (Wildman–Crippen LogP) is 4.35. The Hall–Kier alpha value is -2.47. The largest absolute Gasteiger partial charge is 0.493 e. The molecule has 2 aromatic carbocycles. The Labute approximate surface area is 164 Å². The van der Waals surface area contributed by atoms with Gasteiger partial charge in [0, 0.05) is 17.6 Å². The summed E-state index contributed by atoms with van der Waals surface area (Å²) in [4.78, 5) is 11.4. The first-order valence-electron chi connectivity index (χ1n) is 9.68. The van der Waals surface area contributed by atoms with Crippen LogP contribution in [-0.2, 0) is 0 Å². The van der Waals surface area contributed by atoms with Crippen molar-refractivity contribution in [3.63, 3.8) is 0 Å². The second-order valence-electron chi connectivity index (χ2n) is 7.40. The van der Waals surface area contributed by atoms with Crippen molar-refractivity contribution in [1.82, 2.24) is 5.32 Å². The minimum atomic E-state index is -0.518. The molecule has 1 aliphatic rings. The van der Waals surface area contributed by atoms with Crippen LogP contribution in [0.15, 0.2) is 42.5 Å². The van der Waals surface area contributed by atoms with Crippen molar-refractivity contribution >= 4 is 5.91 Å². The minimum absolute atomic E-state index is 0.114.